The number of carbonyl (C=O) groups excluding carboxylic acids is 2. The van der Waals surface area contributed by atoms with Crippen LogP contribution in [-0.4, -0.2) is 36.0 Å². The standard InChI is InChI=1S/C13H19NO5S/c1-13(2,3)19-12(17)14-9(8-5-6-20-7-8)10(15)11(16)18-4/h5-7,9-10,15H,1-4H3,(H,14,17). The predicted molar refractivity (Wildman–Crippen MR) is 74.5 cm³/mol. The van der Waals surface area contributed by atoms with Gasteiger partial charge in [0.2, 0.25) is 0 Å². The van der Waals surface area contributed by atoms with Gasteiger partial charge >= 0.3 is 12.1 Å². The summed E-state index contributed by atoms with van der Waals surface area (Å²) in [6.45, 7) is 5.18. The van der Waals surface area contributed by atoms with E-state index in [0.717, 1.165) is 0 Å². The van der Waals surface area contributed by atoms with E-state index in [9.17, 15) is 14.7 Å². The Morgan fingerprint density at radius 2 is 2.05 bits per heavy atom. The van der Waals surface area contributed by atoms with Gasteiger partial charge in [-0.3, -0.25) is 0 Å². The zero-order chi connectivity index (χ0) is 15.3. The number of esters is 1. The summed E-state index contributed by atoms with van der Waals surface area (Å²) in [6, 6.07) is 0.794. The highest BCUT2D eigenvalue weighted by atomic mass is 32.1. The first-order valence-corrected chi connectivity index (χ1v) is 6.96. The lowest BCUT2D eigenvalue weighted by Gasteiger charge is -2.25. The molecule has 0 bridgehead atoms. The Balaban J connectivity index is 2.84. The van der Waals surface area contributed by atoms with Crippen LogP contribution in [0.1, 0.15) is 32.4 Å². The third kappa shape index (κ3) is 4.82. The van der Waals surface area contributed by atoms with Crippen LogP contribution in [0.25, 0.3) is 0 Å². The molecule has 0 aromatic carbocycles. The van der Waals surface area contributed by atoms with Crippen LogP contribution in [0.15, 0.2) is 16.8 Å². The van der Waals surface area contributed by atoms with Gasteiger partial charge < -0.3 is 19.9 Å². The maximum absolute atomic E-state index is 11.8. The van der Waals surface area contributed by atoms with E-state index in [1.165, 1.54) is 18.4 Å². The third-order valence-electron chi connectivity index (χ3n) is 2.33. The first-order valence-electron chi connectivity index (χ1n) is 6.02. The van der Waals surface area contributed by atoms with Crippen molar-refractivity contribution in [2.75, 3.05) is 7.11 Å². The molecule has 1 aromatic rings. The number of ether oxygens (including phenoxy) is 2. The lowest BCUT2D eigenvalue weighted by atomic mass is 10.1. The van der Waals surface area contributed by atoms with Crippen LogP contribution in [0, 0.1) is 0 Å². The highest BCUT2D eigenvalue weighted by molar-refractivity contribution is 7.08. The van der Waals surface area contributed by atoms with E-state index < -0.39 is 29.8 Å². The molecule has 0 aliphatic rings. The lowest BCUT2D eigenvalue weighted by molar-refractivity contribution is -0.152. The molecule has 2 atom stereocenters. The Morgan fingerprint density at radius 1 is 1.40 bits per heavy atom. The SMILES string of the molecule is COC(=O)C(O)C(NC(=O)OC(C)(C)C)c1ccsc1. The number of thiophene rings is 1. The van der Waals surface area contributed by atoms with Gasteiger partial charge in [-0.2, -0.15) is 11.3 Å². The molecular formula is C13H19NO5S. The molecule has 0 aliphatic heterocycles. The zero-order valence-electron chi connectivity index (χ0n) is 11.9. The molecule has 0 radical (unpaired) electrons. The van der Waals surface area contributed by atoms with E-state index in [1.54, 1.807) is 37.6 Å². The van der Waals surface area contributed by atoms with Crippen LogP contribution in [0.5, 0.6) is 0 Å². The first-order chi connectivity index (χ1) is 9.24. The van der Waals surface area contributed by atoms with E-state index in [4.69, 9.17) is 4.74 Å². The number of hydrogen-bond donors (Lipinski definition) is 2. The molecule has 1 heterocycles. The van der Waals surface area contributed by atoms with Crippen LogP contribution < -0.4 is 5.32 Å². The first kappa shape index (κ1) is 16.5. The van der Waals surface area contributed by atoms with Crippen molar-refractivity contribution in [1.82, 2.24) is 5.32 Å². The summed E-state index contributed by atoms with van der Waals surface area (Å²) in [5.41, 5.74) is -0.0572. The van der Waals surface area contributed by atoms with Crippen LogP contribution >= 0.6 is 11.3 Å². The van der Waals surface area contributed by atoms with Crippen LogP contribution in [-0.2, 0) is 14.3 Å². The minimum absolute atomic E-state index is 0.610. The van der Waals surface area contributed by atoms with E-state index in [-0.39, 0.29) is 0 Å². The summed E-state index contributed by atoms with van der Waals surface area (Å²) in [6.07, 6.45) is -2.21. The summed E-state index contributed by atoms with van der Waals surface area (Å²) in [4.78, 5) is 23.2. The van der Waals surface area contributed by atoms with Crippen molar-refractivity contribution in [2.24, 2.45) is 0 Å². The summed E-state index contributed by atoms with van der Waals surface area (Å²) in [5, 5.41) is 16.0. The van der Waals surface area contributed by atoms with Gasteiger partial charge in [0.15, 0.2) is 6.10 Å². The third-order valence-corrected chi connectivity index (χ3v) is 3.03. The minimum Gasteiger partial charge on any atom is -0.467 e. The van der Waals surface area contributed by atoms with Gasteiger partial charge in [0.05, 0.1) is 13.2 Å². The monoisotopic (exact) mass is 301 g/mol. The van der Waals surface area contributed by atoms with Crippen molar-refractivity contribution in [3.05, 3.63) is 22.4 Å². The zero-order valence-corrected chi connectivity index (χ0v) is 12.7. The fourth-order valence-corrected chi connectivity index (χ4v) is 2.18. The Hall–Kier alpha value is -1.60. The highest BCUT2D eigenvalue weighted by Crippen LogP contribution is 2.21. The van der Waals surface area contributed by atoms with Crippen molar-refractivity contribution >= 4 is 23.4 Å². The summed E-state index contributed by atoms with van der Waals surface area (Å²) >= 11 is 1.39. The van der Waals surface area contributed by atoms with Crippen molar-refractivity contribution in [3.63, 3.8) is 0 Å². The fraction of sp³-hybridized carbons (Fsp3) is 0.538. The van der Waals surface area contributed by atoms with Gasteiger partial charge in [-0.05, 0) is 43.2 Å². The predicted octanol–water partition coefficient (Wildman–Crippen LogP) is 1.85. The van der Waals surface area contributed by atoms with E-state index in [2.05, 4.69) is 10.1 Å². The van der Waals surface area contributed by atoms with E-state index in [1.807, 2.05) is 0 Å². The van der Waals surface area contributed by atoms with Gasteiger partial charge in [-0.15, -0.1) is 0 Å². The number of nitrogens with one attached hydrogen (secondary N) is 1. The molecule has 1 rings (SSSR count). The van der Waals surface area contributed by atoms with Crippen molar-refractivity contribution < 1.29 is 24.2 Å². The quantitative estimate of drug-likeness (QED) is 0.829. The molecule has 2 unspecified atom stereocenters. The number of aliphatic hydroxyl groups is 1. The lowest BCUT2D eigenvalue weighted by Crippen LogP contribution is -2.42. The van der Waals surface area contributed by atoms with Crippen LogP contribution in [0.3, 0.4) is 0 Å². The van der Waals surface area contributed by atoms with E-state index in [0.29, 0.717) is 5.56 Å². The van der Waals surface area contributed by atoms with Gasteiger partial charge in [-0.25, -0.2) is 9.59 Å². The molecule has 0 spiro atoms. The largest absolute Gasteiger partial charge is 0.467 e. The maximum atomic E-state index is 11.8. The Bertz CT molecular complexity index is 452. The summed E-state index contributed by atoms with van der Waals surface area (Å²) in [7, 11) is 1.17. The van der Waals surface area contributed by atoms with Crippen LogP contribution in [0.4, 0.5) is 4.79 Å². The number of hydrogen-bond acceptors (Lipinski definition) is 6. The number of aliphatic hydroxyl groups excluding tert-OH is 1. The smallest absolute Gasteiger partial charge is 0.408 e. The molecule has 6 nitrogen and oxygen atoms in total. The van der Waals surface area contributed by atoms with Crippen molar-refractivity contribution in [2.45, 2.75) is 38.5 Å². The number of amides is 1. The second kappa shape index (κ2) is 6.71. The number of methoxy groups -OCH3 is 1. The average molecular weight is 301 g/mol. The Morgan fingerprint density at radius 3 is 2.50 bits per heavy atom. The molecule has 0 fully saturated rings. The normalized spacial score (nSPS) is 14.2. The molecule has 7 heteroatoms. The molecular weight excluding hydrogens is 282 g/mol. The van der Waals surface area contributed by atoms with E-state index >= 15 is 0 Å². The minimum atomic E-state index is -1.50. The molecule has 2 N–H and O–H groups in total. The maximum Gasteiger partial charge on any atom is 0.408 e. The molecule has 0 aliphatic carbocycles. The number of carbonyl (C=O) groups is 2. The topological polar surface area (TPSA) is 84.9 Å². The second-order valence-electron chi connectivity index (χ2n) is 5.15. The summed E-state index contributed by atoms with van der Waals surface area (Å²) in [5.74, 6) is -0.822. The molecule has 20 heavy (non-hydrogen) atoms. The molecule has 1 amide bonds. The van der Waals surface area contributed by atoms with Gasteiger partial charge in [0, 0.05) is 0 Å². The Labute approximate surface area is 121 Å². The van der Waals surface area contributed by atoms with Crippen LogP contribution in [0.2, 0.25) is 0 Å². The number of rotatable bonds is 4. The second-order valence-corrected chi connectivity index (χ2v) is 5.93. The highest BCUT2D eigenvalue weighted by Gasteiger charge is 2.31. The average Bonchev–Trinajstić information content (AvgIpc) is 2.85. The van der Waals surface area contributed by atoms with Gasteiger partial charge in [0.1, 0.15) is 5.60 Å². The number of alkyl carbamates (subject to hydrolysis) is 1. The molecule has 112 valence electrons. The molecule has 1 aromatic heterocycles. The van der Waals surface area contributed by atoms with Gasteiger partial charge in [-0.1, -0.05) is 0 Å². The Kier molecular flexibility index (Phi) is 5.52. The van der Waals surface area contributed by atoms with Crippen molar-refractivity contribution in [1.29, 1.82) is 0 Å². The summed E-state index contributed by atoms with van der Waals surface area (Å²) < 4.78 is 9.62. The molecule has 0 saturated heterocycles. The molecule has 0 saturated carbocycles. The van der Waals surface area contributed by atoms with Crippen molar-refractivity contribution in [3.8, 4) is 0 Å². The fourth-order valence-electron chi connectivity index (χ4n) is 1.49. The van der Waals surface area contributed by atoms with Gasteiger partial charge in [0.25, 0.3) is 0 Å².